The minimum absolute atomic E-state index is 0.277. The Hall–Kier alpha value is -1.79. The van der Waals surface area contributed by atoms with Crippen LogP contribution in [0.1, 0.15) is 10.4 Å². The van der Waals surface area contributed by atoms with Gasteiger partial charge in [0.05, 0.1) is 16.4 Å². The van der Waals surface area contributed by atoms with Crippen LogP contribution in [0.3, 0.4) is 0 Å². The summed E-state index contributed by atoms with van der Waals surface area (Å²) in [4.78, 5) is 12.4. The molecule has 0 heterocycles. The Morgan fingerprint density at radius 3 is 2.62 bits per heavy atom. The summed E-state index contributed by atoms with van der Waals surface area (Å²) in [7, 11) is 0. The Labute approximate surface area is 129 Å². The highest BCUT2D eigenvalue weighted by atomic mass is 35.5. The molecule has 21 heavy (non-hydrogen) atoms. The Balaban J connectivity index is 2.21. The van der Waals surface area contributed by atoms with Gasteiger partial charge in [-0.1, -0.05) is 35.5 Å². The number of nitrogen functional groups attached to an aromatic ring is 1. The van der Waals surface area contributed by atoms with E-state index in [-0.39, 0.29) is 5.69 Å². The first-order valence-corrected chi connectivity index (χ1v) is 7.13. The van der Waals surface area contributed by atoms with E-state index in [4.69, 9.17) is 17.3 Å². The SMILES string of the molecule is Nc1cc(C(=O)Nc2ccccc2SC(F)F)ccc1Cl. The van der Waals surface area contributed by atoms with Gasteiger partial charge in [-0.2, -0.15) is 8.78 Å². The second kappa shape index (κ2) is 6.78. The standard InChI is InChI=1S/C14H11ClF2N2OS/c15-9-6-5-8(7-10(9)18)13(20)19-11-3-1-2-4-12(11)21-14(16)17/h1-7,14H,18H2,(H,19,20). The van der Waals surface area contributed by atoms with E-state index in [2.05, 4.69) is 5.32 Å². The van der Waals surface area contributed by atoms with E-state index in [9.17, 15) is 13.6 Å². The van der Waals surface area contributed by atoms with E-state index in [0.29, 0.717) is 32.9 Å². The average molecular weight is 329 g/mol. The number of hydrogen-bond acceptors (Lipinski definition) is 3. The van der Waals surface area contributed by atoms with Crippen LogP contribution in [-0.4, -0.2) is 11.7 Å². The number of alkyl halides is 2. The molecule has 2 aromatic rings. The zero-order valence-corrected chi connectivity index (χ0v) is 12.2. The number of carbonyl (C=O) groups excluding carboxylic acids is 1. The number of thioether (sulfide) groups is 1. The van der Waals surface area contributed by atoms with Gasteiger partial charge in [0.1, 0.15) is 0 Å². The predicted molar refractivity (Wildman–Crippen MR) is 82.1 cm³/mol. The first-order chi connectivity index (χ1) is 9.97. The number of amides is 1. The predicted octanol–water partition coefficient (Wildman–Crippen LogP) is 4.49. The molecule has 1 amide bonds. The molecule has 0 bridgehead atoms. The molecule has 0 aromatic heterocycles. The Morgan fingerprint density at radius 1 is 1.24 bits per heavy atom. The summed E-state index contributed by atoms with van der Waals surface area (Å²) >= 11 is 6.16. The van der Waals surface area contributed by atoms with Gasteiger partial charge in [0, 0.05) is 10.5 Å². The quantitative estimate of drug-likeness (QED) is 0.642. The number of nitrogens with one attached hydrogen (secondary N) is 1. The van der Waals surface area contributed by atoms with Crippen molar-refractivity contribution in [2.45, 2.75) is 10.7 Å². The second-order valence-corrected chi connectivity index (χ2v) is 5.50. The van der Waals surface area contributed by atoms with E-state index in [1.807, 2.05) is 0 Å². The molecule has 2 rings (SSSR count). The van der Waals surface area contributed by atoms with Crippen LogP contribution in [0.25, 0.3) is 0 Å². The van der Waals surface area contributed by atoms with Gasteiger partial charge in [-0.25, -0.2) is 0 Å². The van der Waals surface area contributed by atoms with E-state index in [0.717, 1.165) is 0 Å². The number of rotatable bonds is 4. The molecular formula is C14H11ClF2N2OS. The van der Waals surface area contributed by atoms with Gasteiger partial charge < -0.3 is 11.1 Å². The molecule has 2 aromatic carbocycles. The molecule has 0 aliphatic carbocycles. The molecule has 0 unspecified atom stereocenters. The number of hydrogen-bond donors (Lipinski definition) is 2. The third-order valence-electron chi connectivity index (χ3n) is 2.61. The molecule has 0 atom stereocenters. The zero-order valence-electron chi connectivity index (χ0n) is 10.6. The summed E-state index contributed by atoms with van der Waals surface area (Å²) in [6.45, 7) is 0. The lowest BCUT2D eigenvalue weighted by molar-refractivity contribution is 0.102. The fourth-order valence-corrected chi connectivity index (χ4v) is 2.36. The van der Waals surface area contributed by atoms with Crippen LogP contribution in [-0.2, 0) is 0 Å². The maximum Gasteiger partial charge on any atom is 0.288 e. The van der Waals surface area contributed by atoms with Crippen molar-refractivity contribution in [3.05, 3.63) is 53.1 Å². The highest BCUT2D eigenvalue weighted by Gasteiger charge is 2.13. The number of halogens is 3. The highest BCUT2D eigenvalue weighted by molar-refractivity contribution is 7.99. The van der Waals surface area contributed by atoms with Crippen molar-refractivity contribution in [1.82, 2.24) is 0 Å². The van der Waals surface area contributed by atoms with Crippen molar-refractivity contribution in [3.63, 3.8) is 0 Å². The van der Waals surface area contributed by atoms with Gasteiger partial charge in [-0.05, 0) is 30.3 Å². The number of benzene rings is 2. The van der Waals surface area contributed by atoms with Crippen molar-refractivity contribution < 1.29 is 13.6 Å². The normalized spacial score (nSPS) is 10.7. The molecule has 0 saturated carbocycles. The van der Waals surface area contributed by atoms with Gasteiger partial charge in [-0.15, -0.1) is 0 Å². The highest BCUT2D eigenvalue weighted by Crippen LogP contribution is 2.32. The molecule has 0 aliphatic rings. The van der Waals surface area contributed by atoms with Crippen LogP contribution in [0.5, 0.6) is 0 Å². The lowest BCUT2D eigenvalue weighted by atomic mass is 10.2. The van der Waals surface area contributed by atoms with Crippen molar-refractivity contribution in [2.24, 2.45) is 0 Å². The van der Waals surface area contributed by atoms with E-state index >= 15 is 0 Å². The Kier molecular flexibility index (Phi) is 5.03. The minimum atomic E-state index is -2.56. The Bertz CT molecular complexity index is 667. The fraction of sp³-hybridized carbons (Fsp3) is 0.0714. The molecule has 7 heteroatoms. The molecule has 0 saturated heterocycles. The van der Waals surface area contributed by atoms with Crippen LogP contribution in [0.4, 0.5) is 20.2 Å². The first-order valence-electron chi connectivity index (χ1n) is 5.87. The molecule has 0 radical (unpaired) electrons. The summed E-state index contributed by atoms with van der Waals surface area (Å²) in [5, 5.41) is 2.93. The zero-order chi connectivity index (χ0) is 15.4. The molecule has 0 aliphatic heterocycles. The smallest absolute Gasteiger partial charge is 0.288 e. The van der Waals surface area contributed by atoms with Crippen LogP contribution in [0, 0.1) is 0 Å². The number of nitrogens with two attached hydrogens (primary N) is 1. The fourth-order valence-electron chi connectivity index (χ4n) is 1.65. The van der Waals surface area contributed by atoms with Crippen molar-refractivity contribution in [2.75, 3.05) is 11.1 Å². The largest absolute Gasteiger partial charge is 0.398 e. The van der Waals surface area contributed by atoms with Gasteiger partial charge in [0.2, 0.25) is 0 Å². The van der Waals surface area contributed by atoms with Crippen molar-refractivity contribution >= 4 is 40.6 Å². The van der Waals surface area contributed by atoms with Crippen molar-refractivity contribution in [3.8, 4) is 0 Å². The molecule has 110 valence electrons. The van der Waals surface area contributed by atoms with E-state index < -0.39 is 11.7 Å². The first kappa shape index (κ1) is 15.6. The lowest BCUT2D eigenvalue weighted by Crippen LogP contribution is -2.13. The maximum atomic E-state index is 12.5. The topological polar surface area (TPSA) is 55.1 Å². The lowest BCUT2D eigenvalue weighted by Gasteiger charge is -2.10. The molecule has 3 nitrogen and oxygen atoms in total. The average Bonchev–Trinajstić information content (AvgIpc) is 2.43. The van der Waals surface area contributed by atoms with Crippen LogP contribution in [0.15, 0.2) is 47.4 Å². The van der Waals surface area contributed by atoms with E-state index in [1.54, 1.807) is 18.2 Å². The summed E-state index contributed by atoms with van der Waals surface area (Å²) in [6, 6.07) is 10.8. The van der Waals surface area contributed by atoms with Gasteiger partial charge in [0.25, 0.3) is 11.7 Å². The number of anilines is 2. The minimum Gasteiger partial charge on any atom is -0.398 e. The summed E-state index contributed by atoms with van der Waals surface area (Å²) in [5.74, 6) is -3.00. The summed E-state index contributed by atoms with van der Waals surface area (Å²) < 4.78 is 25.0. The third kappa shape index (κ3) is 4.09. The molecule has 0 fully saturated rings. The van der Waals surface area contributed by atoms with Crippen LogP contribution < -0.4 is 11.1 Å². The van der Waals surface area contributed by atoms with Gasteiger partial charge in [0.15, 0.2) is 0 Å². The summed E-state index contributed by atoms with van der Waals surface area (Å²) in [5.41, 5.74) is 6.53. The molecular weight excluding hydrogens is 318 g/mol. The second-order valence-electron chi connectivity index (χ2n) is 4.07. The third-order valence-corrected chi connectivity index (χ3v) is 3.74. The van der Waals surface area contributed by atoms with Crippen molar-refractivity contribution in [1.29, 1.82) is 0 Å². The number of carbonyl (C=O) groups is 1. The number of para-hydroxylation sites is 1. The molecule has 0 spiro atoms. The summed E-state index contributed by atoms with van der Waals surface area (Å²) in [6.07, 6.45) is 0. The van der Waals surface area contributed by atoms with E-state index in [1.165, 1.54) is 24.3 Å². The Morgan fingerprint density at radius 2 is 1.95 bits per heavy atom. The van der Waals surface area contributed by atoms with Gasteiger partial charge in [-0.3, -0.25) is 4.79 Å². The van der Waals surface area contributed by atoms with Gasteiger partial charge >= 0.3 is 0 Å². The van der Waals surface area contributed by atoms with Crippen LogP contribution >= 0.6 is 23.4 Å². The molecule has 3 N–H and O–H groups in total. The maximum absolute atomic E-state index is 12.5. The van der Waals surface area contributed by atoms with Crippen LogP contribution in [0.2, 0.25) is 5.02 Å². The monoisotopic (exact) mass is 328 g/mol.